The van der Waals surface area contributed by atoms with Gasteiger partial charge in [-0.15, -0.1) is 0 Å². The molecule has 122 valence electrons. The van der Waals surface area contributed by atoms with Crippen LogP contribution >= 0.6 is 0 Å². The van der Waals surface area contributed by atoms with Gasteiger partial charge in [-0.3, -0.25) is 14.5 Å². The molecule has 1 amide bonds. The van der Waals surface area contributed by atoms with Gasteiger partial charge in [-0.1, -0.05) is 27.2 Å². The van der Waals surface area contributed by atoms with Crippen molar-refractivity contribution in [1.29, 1.82) is 0 Å². The molecule has 0 spiro atoms. The number of hydrogen-bond acceptors (Lipinski definition) is 3. The van der Waals surface area contributed by atoms with Gasteiger partial charge < -0.3 is 10.2 Å². The van der Waals surface area contributed by atoms with Crippen molar-refractivity contribution in [3.05, 3.63) is 11.1 Å². The van der Waals surface area contributed by atoms with E-state index >= 15 is 0 Å². The normalized spacial score (nSPS) is 37.1. The number of nitrogens with zero attached hydrogens (tertiary/aromatic N) is 1. The molecule has 1 aliphatic heterocycles. The molecule has 22 heavy (non-hydrogen) atoms. The van der Waals surface area contributed by atoms with Crippen molar-refractivity contribution in [2.24, 2.45) is 16.7 Å². The highest BCUT2D eigenvalue weighted by Crippen LogP contribution is 2.61. The third kappa shape index (κ3) is 2.02. The predicted molar refractivity (Wildman–Crippen MR) is 80.8 cm³/mol. The van der Waals surface area contributed by atoms with E-state index in [1.54, 1.807) is 0 Å². The van der Waals surface area contributed by atoms with Gasteiger partial charge in [0.05, 0.1) is 0 Å². The number of carboxylic acid groups (broad SMARTS) is 1. The molecule has 0 aromatic heterocycles. The molecule has 0 aromatic rings. The smallest absolute Gasteiger partial charge is 0.323 e. The van der Waals surface area contributed by atoms with Crippen LogP contribution in [0.3, 0.4) is 0 Å². The molecule has 2 N–H and O–H groups in total. The lowest BCUT2D eigenvalue weighted by Crippen LogP contribution is -2.48. The highest BCUT2D eigenvalue weighted by Gasteiger charge is 2.56. The molecule has 1 saturated carbocycles. The summed E-state index contributed by atoms with van der Waals surface area (Å²) in [4.78, 5) is 24.6. The second-order valence-corrected chi connectivity index (χ2v) is 7.94. The van der Waals surface area contributed by atoms with Crippen molar-refractivity contribution < 1.29 is 19.8 Å². The highest BCUT2D eigenvalue weighted by atomic mass is 16.4. The van der Waals surface area contributed by atoms with Crippen LogP contribution in [0.5, 0.6) is 0 Å². The number of carboxylic acids is 1. The molecule has 3 aliphatic rings. The van der Waals surface area contributed by atoms with Crippen molar-refractivity contribution in [2.75, 3.05) is 6.54 Å². The Morgan fingerprint density at radius 2 is 2.00 bits per heavy atom. The van der Waals surface area contributed by atoms with Crippen molar-refractivity contribution in [1.82, 2.24) is 4.90 Å². The van der Waals surface area contributed by atoms with Gasteiger partial charge in [-0.05, 0) is 48.0 Å². The van der Waals surface area contributed by atoms with Gasteiger partial charge in [0.15, 0.2) is 6.23 Å². The maximum absolute atomic E-state index is 12.5. The Morgan fingerprint density at radius 3 is 2.64 bits per heavy atom. The molecule has 0 aromatic carbocycles. The molecule has 1 heterocycles. The summed E-state index contributed by atoms with van der Waals surface area (Å²) < 4.78 is 0. The Bertz CT molecular complexity index is 565. The molecule has 3 atom stereocenters. The molecule has 3 rings (SSSR count). The minimum Gasteiger partial charge on any atom is -0.480 e. The van der Waals surface area contributed by atoms with E-state index in [2.05, 4.69) is 20.8 Å². The molecule has 1 fully saturated rings. The third-order valence-corrected chi connectivity index (χ3v) is 6.23. The summed E-state index contributed by atoms with van der Waals surface area (Å²) in [7, 11) is 0. The Labute approximate surface area is 131 Å². The number of aliphatic hydroxyl groups excluding tert-OH is 1. The SMILES string of the molecule is CC1(C)CCC[C@]2(C)C3=C(CC[C@@H]12)C(=O)N(CC(=O)O)[C@H]3O. The van der Waals surface area contributed by atoms with Gasteiger partial charge in [0.25, 0.3) is 5.91 Å². The average Bonchev–Trinajstić information content (AvgIpc) is 2.63. The van der Waals surface area contributed by atoms with Gasteiger partial charge in [-0.2, -0.15) is 0 Å². The van der Waals surface area contributed by atoms with Gasteiger partial charge in [0.1, 0.15) is 6.54 Å². The van der Waals surface area contributed by atoms with E-state index in [1.807, 2.05) is 0 Å². The summed E-state index contributed by atoms with van der Waals surface area (Å²) in [5.41, 5.74) is 1.47. The van der Waals surface area contributed by atoms with Crippen LogP contribution in [0.1, 0.15) is 52.9 Å². The fourth-order valence-corrected chi connectivity index (χ4v) is 5.34. The molecule has 0 radical (unpaired) electrons. The first-order chi connectivity index (χ1) is 10.2. The summed E-state index contributed by atoms with van der Waals surface area (Å²) in [6.45, 7) is 6.28. The summed E-state index contributed by atoms with van der Waals surface area (Å²) in [6, 6.07) is 0. The third-order valence-electron chi connectivity index (χ3n) is 6.23. The van der Waals surface area contributed by atoms with E-state index < -0.39 is 18.7 Å². The lowest BCUT2D eigenvalue weighted by molar-refractivity contribution is -0.147. The summed E-state index contributed by atoms with van der Waals surface area (Å²) >= 11 is 0. The summed E-state index contributed by atoms with van der Waals surface area (Å²) in [5.74, 6) is -0.939. The number of aliphatic carboxylic acids is 1. The summed E-state index contributed by atoms with van der Waals surface area (Å²) in [5, 5.41) is 19.7. The molecule has 2 aliphatic carbocycles. The van der Waals surface area contributed by atoms with Crippen LogP contribution in [0.25, 0.3) is 0 Å². The molecule has 0 saturated heterocycles. The van der Waals surface area contributed by atoms with Crippen molar-refractivity contribution in [3.63, 3.8) is 0 Å². The van der Waals surface area contributed by atoms with Crippen molar-refractivity contribution in [3.8, 4) is 0 Å². The van der Waals surface area contributed by atoms with Gasteiger partial charge >= 0.3 is 5.97 Å². The van der Waals surface area contributed by atoms with Crippen LogP contribution in [0, 0.1) is 16.7 Å². The van der Waals surface area contributed by atoms with E-state index in [0.29, 0.717) is 17.9 Å². The number of fused-ring (bicyclic) bond motifs is 2. The standard InChI is InChI=1S/C17H25NO4/c1-16(2)7-4-8-17(3)11(16)6-5-10-13(17)15(22)18(14(10)21)9-12(19)20/h11,15,22H,4-9H2,1-3H3,(H,19,20)/t11-,15-,17-/m0/s1. The van der Waals surface area contributed by atoms with Gasteiger partial charge in [0.2, 0.25) is 0 Å². The first kappa shape index (κ1) is 15.5. The van der Waals surface area contributed by atoms with E-state index in [0.717, 1.165) is 29.7 Å². The number of carbonyl (C=O) groups excluding carboxylic acids is 1. The quantitative estimate of drug-likeness (QED) is 0.819. The fourth-order valence-electron chi connectivity index (χ4n) is 5.34. The monoisotopic (exact) mass is 307 g/mol. The van der Waals surface area contributed by atoms with Gasteiger partial charge in [-0.25, -0.2) is 0 Å². The van der Waals surface area contributed by atoms with E-state index in [9.17, 15) is 14.7 Å². The van der Waals surface area contributed by atoms with Crippen LogP contribution in [-0.2, 0) is 9.59 Å². The lowest BCUT2D eigenvalue weighted by atomic mass is 9.50. The second-order valence-electron chi connectivity index (χ2n) is 7.94. The molecule has 0 bridgehead atoms. The number of rotatable bonds is 2. The number of hydrogen-bond donors (Lipinski definition) is 2. The van der Waals surface area contributed by atoms with Crippen LogP contribution in [0.2, 0.25) is 0 Å². The molecule has 5 heteroatoms. The van der Waals surface area contributed by atoms with E-state index in [-0.39, 0.29) is 16.7 Å². The van der Waals surface area contributed by atoms with E-state index in [1.165, 1.54) is 6.42 Å². The molecular weight excluding hydrogens is 282 g/mol. The average molecular weight is 307 g/mol. The zero-order chi connectivity index (χ0) is 16.3. The number of carbonyl (C=O) groups is 2. The first-order valence-corrected chi connectivity index (χ1v) is 8.13. The van der Waals surface area contributed by atoms with Crippen LogP contribution in [-0.4, -0.2) is 39.8 Å². The Kier molecular flexibility index (Phi) is 3.40. The Hall–Kier alpha value is -1.36. The fraction of sp³-hybridized carbons (Fsp3) is 0.765. The first-order valence-electron chi connectivity index (χ1n) is 8.13. The maximum Gasteiger partial charge on any atom is 0.323 e. The lowest BCUT2D eigenvalue weighted by Gasteiger charge is -2.54. The van der Waals surface area contributed by atoms with Crippen LogP contribution < -0.4 is 0 Å². The zero-order valence-corrected chi connectivity index (χ0v) is 13.6. The Morgan fingerprint density at radius 1 is 1.32 bits per heavy atom. The van der Waals surface area contributed by atoms with Crippen LogP contribution in [0.15, 0.2) is 11.1 Å². The highest BCUT2D eigenvalue weighted by molar-refractivity contribution is 5.99. The summed E-state index contributed by atoms with van der Waals surface area (Å²) in [6.07, 6.45) is 3.74. The number of amides is 1. The maximum atomic E-state index is 12.5. The van der Waals surface area contributed by atoms with Crippen molar-refractivity contribution >= 4 is 11.9 Å². The largest absolute Gasteiger partial charge is 0.480 e. The predicted octanol–water partition coefficient (Wildman–Crippen LogP) is 2.15. The Balaban J connectivity index is 2.02. The minimum atomic E-state index is -1.09. The zero-order valence-electron chi connectivity index (χ0n) is 13.6. The molecule has 0 unspecified atom stereocenters. The van der Waals surface area contributed by atoms with E-state index in [4.69, 9.17) is 5.11 Å². The number of aliphatic hydroxyl groups is 1. The molecule has 5 nitrogen and oxygen atoms in total. The molecular formula is C17H25NO4. The second kappa shape index (κ2) is 4.82. The minimum absolute atomic E-state index is 0.189. The van der Waals surface area contributed by atoms with Gasteiger partial charge in [0, 0.05) is 5.57 Å². The topological polar surface area (TPSA) is 77.8 Å². The van der Waals surface area contributed by atoms with Crippen LogP contribution in [0.4, 0.5) is 0 Å². The van der Waals surface area contributed by atoms with Crippen molar-refractivity contribution in [2.45, 2.75) is 59.1 Å².